The molecule has 0 bridgehead atoms. The number of rotatable bonds is 4. The molecule has 0 saturated carbocycles. The molecule has 0 N–H and O–H groups in total. The number of allylic oxidation sites excluding steroid dienone is 1. The Kier molecular flexibility index (Phi) is 5.50. The zero-order chi connectivity index (χ0) is 18.6. The van der Waals surface area contributed by atoms with Crippen molar-refractivity contribution in [2.45, 2.75) is 4.90 Å². The minimum atomic E-state index is -3.79. The van der Waals surface area contributed by atoms with Gasteiger partial charge in [-0.3, -0.25) is 0 Å². The van der Waals surface area contributed by atoms with Crippen molar-refractivity contribution in [3.63, 3.8) is 0 Å². The van der Waals surface area contributed by atoms with Crippen LogP contribution >= 0.6 is 11.6 Å². The van der Waals surface area contributed by atoms with Crippen LogP contribution in [0.5, 0.6) is 0 Å². The van der Waals surface area contributed by atoms with Crippen molar-refractivity contribution in [3.8, 4) is 6.07 Å². The number of halogens is 1. The third-order valence-electron chi connectivity index (χ3n) is 4.24. The fourth-order valence-corrected chi connectivity index (χ4v) is 4.19. The molecule has 0 atom stereocenters. The molecule has 0 amide bonds. The summed E-state index contributed by atoms with van der Waals surface area (Å²) in [5.74, 6) is 0. The Bertz CT molecular complexity index is 944. The molecule has 1 aliphatic rings. The molecule has 1 saturated heterocycles. The van der Waals surface area contributed by atoms with Gasteiger partial charge in [-0.2, -0.15) is 5.26 Å². The first-order valence-corrected chi connectivity index (χ1v) is 10.0. The Hall–Kier alpha value is -2.49. The highest BCUT2D eigenvalue weighted by Crippen LogP contribution is 2.22. The van der Waals surface area contributed by atoms with Gasteiger partial charge in [0, 0.05) is 43.1 Å². The topological polar surface area (TPSA) is 64.4 Å². The van der Waals surface area contributed by atoms with Crippen molar-refractivity contribution in [1.29, 1.82) is 5.26 Å². The van der Waals surface area contributed by atoms with Crippen LogP contribution in [-0.2, 0) is 9.84 Å². The van der Waals surface area contributed by atoms with Crippen molar-refractivity contribution in [2.75, 3.05) is 31.1 Å². The summed E-state index contributed by atoms with van der Waals surface area (Å²) in [4.78, 5) is 3.96. The van der Waals surface area contributed by atoms with E-state index in [0.717, 1.165) is 18.8 Å². The Morgan fingerprint density at radius 1 is 1.04 bits per heavy atom. The number of anilines is 1. The molecule has 7 heteroatoms. The van der Waals surface area contributed by atoms with Gasteiger partial charge in [-0.05, 0) is 30.3 Å². The standard InChI is InChI=1S/C19H18ClN3O2S/c20-16-5-4-6-17(13-16)23-11-9-22(10-12-23)15-19(14-21)26(24,25)18-7-2-1-3-8-18/h1-8,13,15H,9-12H2. The van der Waals surface area contributed by atoms with E-state index in [1.54, 1.807) is 18.2 Å². The average molecular weight is 388 g/mol. The summed E-state index contributed by atoms with van der Waals surface area (Å²) in [6.07, 6.45) is 1.46. The first kappa shape index (κ1) is 18.3. The van der Waals surface area contributed by atoms with E-state index in [-0.39, 0.29) is 9.80 Å². The molecule has 0 unspecified atom stereocenters. The third-order valence-corrected chi connectivity index (χ3v) is 6.14. The normalized spacial score (nSPS) is 15.6. The maximum absolute atomic E-state index is 12.6. The minimum absolute atomic E-state index is 0.130. The Balaban J connectivity index is 1.73. The maximum Gasteiger partial charge on any atom is 0.218 e. The predicted molar refractivity (Wildman–Crippen MR) is 103 cm³/mol. The molecule has 26 heavy (non-hydrogen) atoms. The first-order chi connectivity index (χ1) is 12.5. The van der Waals surface area contributed by atoms with E-state index in [9.17, 15) is 13.7 Å². The van der Waals surface area contributed by atoms with Crippen molar-refractivity contribution >= 4 is 27.1 Å². The molecule has 134 valence electrons. The average Bonchev–Trinajstić information content (AvgIpc) is 2.67. The van der Waals surface area contributed by atoms with Gasteiger partial charge in [-0.1, -0.05) is 35.9 Å². The van der Waals surface area contributed by atoms with E-state index in [2.05, 4.69) is 4.90 Å². The smallest absolute Gasteiger partial charge is 0.218 e. The largest absolute Gasteiger partial charge is 0.372 e. The van der Waals surface area contributed by atoms with Crippen LogP contribution in [0.4, 0.5) is 5.69 Å². The Labute approximate surface area is 158 Å². The van der Waals surface area contributed by atoms with Gasteiger partial charge in [-0.25, -0.2) is 8.42 Å². The molecule has 1 fully saturated rings. The highest BCUT2D eigenvalue weighted by atomic mass is 35.5. The zero-order valence-corrected chi connectivity index (χ0v) is 15.6. The van der Waals surface area contributed by atoms with Crippen LogP contribution in [0.2, 0.25) is 5.02 Å². The summed E-state index contributed by atoms with van der Waals surface area (Å²) in [6, 6.07) is 17.5. The van der Waals surface area contributed by atoms with Crippen molar-refractivity contribution in [2.24, 2.45) is 0 Å². The predicted octanol–water partition coefficient (Wildman–Crippen LogP) is 3.30. The van der Waals surface area contributed by atoms with Gasteiger partial charge in [0.1, 0.15) is 6.07 Å². The van der Waals surface area contributed by atoms with E-state index in [1.165, 1.54) is 18.3 Å². The highest BCUT2D eigenvalue weighted by molar-refractivity contribution is 7.95. The quantitative estimate of drug-likeness (QED) is 0.753. The molecule has 0 aromatic heterocycles. The maximum atomic E-state index is 12.6. The van der Waals surface area contributed by atoms with E-state index in [0.29, 0.717) is 18.1 Å². The lowest BCUT2D eigenvalue weighted by atomic mass is 10.2. The van der Waals surface area contributed by atoms with Gasteiger partial charge >= 0.3 is 0 Å². The highest BCUT2D eigenvalue weighted by Gasteiger charge is 2.23. The molecule has 1 heterocycles. The van der Waals surface area contributed by atoms with E-state index >= 15 is 0 Å². The second-order valence-corrected chi connectivity index (χ2v) is 8.28. The molecule has 0 aliphatic carbocycles. The fraction of sp³-hybridized carbons (Fsp3) is 0.211. The van der Waals surface area contributed by atoms with E-state index < -0.39 is 9.84 Å². The van der Waals surface area contributed by atoms with Gasteiger partial charge in [0.15, 0.2) is 4.91 Å². The van der Waals surface area contributed by atoms with Crippen LogP contribution in [0.25, 0.3) is 0 Å². The molecule has 1 aliphatic heterocycles. The molecule has 2 aromatic rings. The van der Waals surface area contributed by atoms with Gasteiger partial charge in [0.25, 0.3) is 0 Å². The number of hydrogen-bond acceptors (Lipinski definition) is 5. The monoisotopic (exact) mass is 387 g/mol. The van der Waals surface area contributed by atoms with Crippen molar-refractivity contribution in [1.82, 2.24) is 4.90 Å². The molecule has 0 spiro atoms. The summed E-state index contributed by atoms with van der Waals surface area (Å²) in [5, 5.41) is 10.1. The number of benzene rings is 2. The van der Waals surface area contributed by atoms with Crippen LogP contribution in [0, 0.1) is 11.3 Å². The van der Waals surface area contributed by atoms with Gasteiger partial charge in [0.05, 0.1) is 4.90 Å². The van der Waals surface area contributed by atoms with Crippen LogP contribution in [-0.4, -0.2) is 39.5 Å². The second kappa shape index (κ2) is 7.81. The van der Waals surface area contributed by atoms with Crippen LogP contribution in [0.1, 0.15) is 0 Å². The second-order valence-electron chi connectivity index (χ2n) is 5.92. The zero-order valence-electron chi connectivity index (χ0n) is 14.0. The number of hydrogen-bond donors (Lipinski definition) is 0. The SMILES string of the molecule is N#CC(=CN1CCN(c2cccc(Cl)c2)CC1)S(=O)(=O)c1ccccc1. The summed E-state index contributed by atoms with van der Waals surface area (Å²) < 4.78 is 25.2. The molecular formula is C19H18ClN3O2S. The molecule has 5 nitrogen and oxygen atoms in total. The fourth-order valence-electron chi connectivity index (χ4n) is 2.83. The van der Waals surface area contributed by atoms with E-state index in [1.807, 2.05) is 35.2 Å². The van der Waals surface area contributed by atoms with Crippen LogP contribution in [0.15, 0.2) is 70.6 Å². The van der Waals surface area contributed by atoms with Gasteiger partial charge < -0.3 is 9.80 Å². The molecule has 2 aromatic carbocycles. The molecule has 3 rings (SSSR count). The molecular weight excluding hydrogens is 370 g/mol. The lowest BCUT2D eigenvalue weighted by molar-refractivity contribution is 0.348. The van der Waals surface area contributed by atoms with Crippen molar-refractivity contribution < 1.29 is 8.42 Å². The van der Waals surface area contributed by atoms with Crippen LogP contribution < -0.4 is 4.90 Å². The van der Waals surface area contributed by atoms with Crippen LogP contribution in [0.3, 0.4) is 0 Å². The Morgan fingerprint density at radius 3 is 2.35 bits per heavy atom. The summed E-state index contributed by atoms with van der Waals surface area (Å²) in [5.41, 5.74) is 1.04. The molecule has 0 radical (unpaired) electrons. The van der Waals surface area contributed by atoms with E-state index in [4.69, 9.17) is 11.6 Å². The third kappa shape index (κ3) is 4.01. The first-order valence-electron chi connectivity index (χ1n) is 8.17. The Morgan fingerprint density at radius 2 is 1.73 bits per heavy atom. The number of piperazine rings is 1. The number of sulfone groups is 1. The number of nitriles is 1. The lowest BCUT2D eigenvalue weighted by Crippen LogP contribution is -2.44. The minimum Gasteiger partial charge on any atom is -0.372 e. The van der Waals surface area contributed by atoms with Gasteiger partial charge in [-0.15, -0.1) is 0 Å². The summed E-state index contributed by atoms with van der Waals surface area (Å²) in [7, 11) is -3.79. The van der Waals surface area contributed by atoms with Gasteiger partial charge in [0.2, 0.25) is 9.84 Å². The number of nitrogens with zero attached hydrogens (tertiary/aromatic N) is 3. The summed E-state index contributed by atoms with van der Waals surface area (Å²) >= 11 is 6.04. The van der Waals surface area contributed by atoms with Crippen molar-refractivity contribution in [3.05, 3.63) is 70.7 Å². The lowest BCUT2D eigenvalue weighted by Gasteiger charge is -2.35. The summed E-state index contributed by atoms with van der Waals surface area (Å²) in [6.45, 7) is 2.70.